The Labute approximate surface area is 132 Å². The van der Waals surface area contributed by atoms with Gasteiger partial charge in [-0.1, -0.05) is 54.2 Å². The SMILES string of the molecule is C=Cc1c(F)cc(F)c2cc(O)cc(C(C)C)c12.CC.CC. The average molecular weight is 308 g/mol. The van der Waals surface area contributed by atoms with Crippen LogP contribution in [0.4, 0.5) is 8.78 Å². The number of phenols is 1. The van der Waals surface area contributed by atoms with E-state index in [1.165, 1.54) is 12.1 Å². The first kappa shape index (κ1) is 20.1. The van der Waals surface area contributed by atoms with E-state index in [4.69, 9.17) is 0 Å². The van der Waals surface area contributed by atoms with Gasteiger partial charge in [-0.2, -0.15) is 0 Å². The molecule has 1 N–H and O–H groups in total. The van der Waals surface area contributed by atoms with Crippen molar-refractivity contribution >= 4 is 16.8 Å². The van der Waals surface area contributed by atoms with Gasteiger partial charge in [-0.3, -0.25) is 0 Å². The molecule has 0 aliphatic heterocycles. The summed E-state index contributed by atoms with van der Waals surface area (Å²) in [5.41, 5.74) is 0.980. The maximum absolute atomic E-state index is 13.8. The van der Waals surface area contributed by atoms with E-state index in [1.807, 2.05) is 41.5 Å². The van der Waals surface area contributed by atoms with Gasteiger partial charge in [-0.25, -0.2) is 8.78 Å². The van der Waals surface area contributed by atoms with Crippen LogP contribution in [0.1, 0.15) is 58.6 Å². The number of aromatic hydroxyl groups is 1. The van der Waals surface area contributed by atoms with Crippen molar-refractivity contribution in [2.24, 2.45) is 0 Å². The fourth-order valence-electron chi connectivity index (χ4n) is 2.18. The maximum atomic E-state index is 13.8. The van der Waals surface area contributed by atoms with E-state index in [2.05, 4.69) is 6.58 Å². The van der Waals surface area contributed by atoms with E-state index in [0.29, 0.717) is 10.9 Å². The Kier molecular flexibility index (Phi) is 8.39. The fourth-order valence-corrected chi connectivity index (χ4v) is 2.18. The van der Waals surface area contributed by atoms with Crippen molar-refractivity contribution in [3.63, 3.8) is 0 Å². The first-order valence-electron chi connectivity index (χ1n) is 7.72. The van der Waals surface area contributed by atoms with Gasteiger partial charge >= 0.3 is 0 Å². The summed E-state index contributed by atoms with van der Waals surface area (Å²) in [7, 11) is 0. The predicted molar refractivity (Wildman–Crippen MR) is 92.4 cm³/mol. The molecule has 0 unspecified atom stereocenters. The molecule has 0 heterocycles. The zero-order valence-corrected chi connectivity index (χ0v) is 14.3. The number of fused-ring (bicyclic) bond motifs is 1. The van der Waals surface area contributed by atoms with Gasteiger partial charge in [0.05, 0.1) is 0 Å². The highest BCUT2D eigenvalue weighted by molar-refractivity contribution is 5.95. The number of rotatable bonds is 2. The van der Waals surface area contributed by atoms with Crippen LogP contribution >= 0.6 is 0 Å². The molecule has 0 bridgehead atoms. The zero-order chi connectivity index (χ0) is 17.4. The minimum Gasteiger partial charge on any atom is -0.508 e. The van der Waals surface area contributed by atoms with Crippen molar-refractivity contribution in [2.45, 2.75) is 47.5 Å². The van der Waals surface area contributed by atoms with Gasteiger partial charge in [-0.15, -0.1) is 0 Å². The summed E-state index contributed by atoms with van der Waals surface area (Å²) in [6.45, 7) is 15.4. The molecule has 0 fully saturated rings. The third-order valence-electron chi connectivity index (χ3n) is 3.02. The topological polar surface area (TPSA) is 20.2 Å². The molecule has 0 radical (unpaired) electrons. The van der Waals surface area contributed by atoms with Gasteiger partial charge in [0.2, 0.25) is 0 Å². The molecule has 0 aromatic heterocycles. The summed E-state index contributed by atoms with van der Waals surface area (Å²) in [5, 5.41) is 10.3. The number of benzene rings is 2. The third-order valence-corrected chi connectivity index (χ3v) is 3.02. The second-order valence-corrected chi connectivity index (χ2v) is 4.57. The summed E-state index contributed by atoms with van der Waals surface area (Å²) >= 11 is 0. The van der Waals surface area contributed by atoms with Gasteiger partial charge in [0.25, 0.3) is 0 Å². The van der Waals surface area contributed by atoms with Crippen molar-refractivity contribution in [1.82, 2.24) is 0 Å². The summed E-state index contributed by atoms with van der Waals surface area (Å²) in [5.74, 6) is -1.29. The molecule has 3 heteroatoms. The van der Waals surface area contributed by atoms with Crippen molar-refractivity contribution in [3.05, 3.63) is 47.5 Å². The van der Waals surface area contributed by atoms with E-state index in [-0.39, 0.29) is 22.6 Å². The van der Waals surface area contributed by atoms with Crippen LogP contribution in [-0.4, -0.2) is 5.11 Å². The average Bonchev–Trinajstić information content (AvgIpc) is 2.51. The molecule has 0 saturated carbocycles. The second-order valence-electron chi connectivity index (χ2n) is 4.57. The van der Waals surface area contributed by atoms with Crippen molar-refractivity contribution in [1.29, 1.82) is 0 Å². The molecule has 0 atom stereocenters. The highest BCUT2D eigenvalue weighted by Gasteiger charge is 2.16. The lowest BCUT2D eigenvalue weighted by atomic mass is 9.92. The molecule has 2 aromatic carbocycles. The molecule has 0 aliphatic carbocycles. The first-order chi connectivity index (χ1) is 10.5. The van der Waals surface area contributed by atoms with Crippen LogP contribution in [0.3, 0.4) is 0 Å². The molecular weight excluding hydrogens is 282 g/mol. The van der Waals surface area contributed by atoms with Crippen molar-refractivity contribution in [3.8, 4) is 5.75 Å². The molecule has 2 rings (SSSR count). The van der Waals surface area contributed by atoms with Crippen LogP contribution in [0.15, 0.2) is 24.8 Å². The monoisotopic (exact) mass is 308 g/mol. The molecule has 1 nitrogen and oxygen atoms in total. The Morgan fingerprint density at radius 1 is 1.00 bits per heavy atom. The van der Waals surface area contributed by atoms with Gasteiger partial charge in [0, 0.05) is 17.0 Å². The van der Waals surface area contributed by atoms with Gasteiger partial charge in [0.15, 0.2) is 0 Å². The lowest BCUT2D eigenvalue weighted by Gasteiger charge is -2.14. The van der Waals surface area contributed by atoms with Crippen molar-refractivity contribution < 1.29 is 13.9 Å². The maximum Gasteiger partial charge on any atom is 0.134 e. The molecule has 0 spiro atoms. The number of hydrogen-bond acceptors (Lipinski definition) is 1. The number of hydrogen-bond donors (Lipinski definition) is 1. The normalized spacial score (nSPS) is 9.68. The zero-order valence-electron chi connectivity index (χ0n) is 14.3. The molecule has 122 valence electrons. The van der Waals surface area contributed by atoms with E-state index < -0.39 is 11.6 Å². The van der Waals surface area contributed by atoms with Crippen molar-refractivity contribution in [2.75, 3.05) is 0 Å². The summed E-state index contributed by atoms with van der Waals surface area (Å²) < 4.78 is 27.6. The van der Waals surface area contributed by atoms with Crippen LogP contribution < -0.4 is 0 Å². The van der Waals surface area contributed by atoms with Gasteiger partial charge < -0.3 is 5.11 Å². The Morgan fingerprint density at radius 2 is 1.55 bits per heavy atom. The van der Waals surface area contributed by atoms with Crippen LogP contribution in [0.5, 0.6) is 5.75 Å². The third kappa shape index (κ3) is 4.06. The van der Waals surface area contributed by atoms with E-state index in [0.717, 1.165) is 6.07 Å². The van der Waals surface area contributed by atoms with Crippen LogP contribution in [-0.2, 0) is 0 Å². The summed E-state index contributed by atoms with van der Waals surface area (Å²) in [6, 6.07) is 3.67. The van der Waals surface area contributed by atoms with E-state index in [1.54, 1.807) is 6.07 Å². The van der Waals surface area contributed by atoms with Crippen LogP contribution in [0.2, 0.25) is 0 Å². The number of halogens is 2. The van der Waals surface area contributed by atoms with Crippen LogP contribution in [0, 0.1) is 11.6 Å². The molecule has 22 heavy (non-hydrogen) atoms. The van der Waals surface area contributed by atoms with Gasteiger partial charge in [0.1, 0.15) is 17.4 Å². The first-order valence-corrected chi connectivity index (χ1v) is 7.72. The van der Waals surface area contributed by atoms with Gasteiger partial charge in [-0.05, 0) is 29.0 Å². The lowest BCUT2D eigenvalue weighted by Crippen LogP contribution is -1.96. The quantitative estimate of drug-likeness (QED) is 0.659. The summed E-state index contributed by atoms with van der Waals surface area (Å²) in [6.07, 6.45) is 1.38. The highest BCUT2D eigenvalue weighted by Crippen LogP contribution is 2.35. The molecule has 0 saturated heterocycles. The number of phenolic OH excluding ortho intramolecular Hbond substituents is 1. The van der Waals surface area contributed by atoms with E-state index in [9.17, 15) is 13.9 Å². The Bertz CT molecular complexity index is 631. The Hall–Kier alpha value is -1.90. The largest absolute Gasteiger partial charge is 0.508 e. The minimum atomic E-state index is -0.675. The molecule has 0 aliphatic rings. The Balaban J connectivity index is 0.00000102. The molecule has 2 aromatic rings. The standard InChI is InChI=1S/C15H14F2O.2C2H6/c1-4-10-13(16)7-14(17)12-6-9(18)5-11(8(2)3)15(10)12;2*1-2/h4-8,18H,1H2,2-3H3;2*1-2H3. The summed E-state index contributed by atoms with van der Waals surface area (Å²) in [4.78, 5) is 0. The fraction of sp³-hybridized carbons (Fsp3) is 0.368. The van der Waals surface area contributed by atoms with E-state index >= 15 is 0 Å². The Morgan fingerprint density at radius 3 is 2.00 bits per heavy atom. The second kappa shape index (κ2) is 9.19. The van der Waals surface area contributed by atoms with Crippen LogP contribution in [0.25, 0.3) is 16.8 Å². The lowest BCUT2D eigenvalue weighted by molar-refractivity contribution is 0.474. The minimum absolute atomic E-state index is 0.0216. The highest BCUT2D eigenvalue weighted by atomic mass is 19.1. The molecular formula is C19H26F2O. The smallest absolute Gasteiger partial charge is 0.134 e. The predicted octanol–water partition coefficient (Wildman–Crippen LogP) is 6.64. The molecule has 0 amide bonds.